The Labute approximate surface area is 196 Å². The zero-order valence-corrected chi connectivity index (χ0v) is 19.9. The van der Waals surface area contributed by atoms with Crippen LogP contribution in [0.1, 0.15) is 48.2 Å². The van der Waals surface area contributed by atoms with Crippen LogP contribution in [-0.2, 0) is 6.54 Å². The predicted octanol–water partition coefficient (Wildman–Crippen LogP) is 5.08. The summed E-state index contributed by atoms with van der Waals surface area (Å²) < 4.78 is 11.2. The molecule has 0 aliphatic heterocycles. The molecule has 1 aliphatic carbocycles. The number of nitrogens with one attached hydrogen (secondary N) is 2. The maximum absolute atomic E-state index is 13.2. The van der Waals surface area contributed by atoms with Gasteiger partial charge in [-0.05, 0) is 58.6 Å². The van der Waals surface area contributed by atoms with Gasteiger partial charge in [0.2, 0.25) is 0 Å². The minimum absolute atomic E-state index is 0.258. The van der Waals surface area contributed by atoms with Crippen LogP contribution in [0, 0.1) is 0 Å². The summed E-state index contributed by atoms with van der Waals surface area (Å²) in [5.74, 6) is 1.01. The molecule has 7 nitrogen and oxygen atoms in total. The van der Waals surface area contributed by atoms with Crippen LogP contribution in [0.5, 0.6) is 11.5 Å². The van der Waals surface area contributed by atoms with Gasteiger partial charge in [0.05, 0.1) is 25.4 Å². The van der Waals surface area contributed by atoms with Crippen molar-refractivity contribution in [3.8, 4) is 11.5 Å². The molecule has 0 spiro atoms. The highest BCUT2D eigenvalue weighted by Crippen LogP contribution is 2.32. The van der Waals surface area contributed by atoms with E-state index in [1.165, 1.54) is 19.3 Å². The van der Waals surface area contributed by atoms with Crippen LogP contribution in [-0.4, -0.2) is 36.1 Å². The lowest BCUT2D eigenvalue weighted by molar-refractivity contribution is 0.0946. The first-order chi connectivity index (χ1) is 15.6. The second-order valence-corrected chi connectivity index (χ2v) is 8.63. The fourth-order valence-electron chi connectivity index (χ4n) is 4.11. The standard InChI is InChI=1S/C24H27BrN4O3/c1-31-18-11-10-15(13-19(18)32-2)14-27-24(30)22-21(28-16-7-4-3-5-8-16)20-17(23(25)29-22)9-6-12-26-20/h6,9-13,16,28H,3-5,7-8,14H2,1-2H3,(H,27,30). The molecule has 1 aliphatic rings. The molecular formula is C24H27BrN4O3. The van der Waals surface area contributed by atoms with E-state index in [1.807, 2.05) is 30.3 Å². The molecule has 2 N–H and O–H groups in total. The van der Waals surface area contributed by atoms with Gasteiger partial charge in [-0.2, -0.15) is 0 Å². The largest absolute Gasteiger partial charge is 0.493 e. The van der Waals surface area contributed by atoms with Gasteiger partial charge in [0.1, 0.15) is 4.60 Å². The van der Waals surface area contributed by atoms with Gasteiger partial charge in [-0.1, -0.05) is 25.3 Å². The van der Waals surface area contributed by atoms with Crippen LogP contribution in [0.3, 0.4) is 0 Å². The molecule has 8 heteroatoms. The molecule has 1 aromatic carbocycles. The van der Waals surface area contributed by atoms with E-state index in [0.29, 0.717) is 40.1 Å². The summed E-state index contributed by atoms with van der Waals surface area (Å²) in [6.07, 6.45) is 7.54. The number of halogens is 1. The van der Waals surface area contributed by atoms with Gasteiger partial charge in [-0.25, -0.2) is 4.98 Å². The third-order valence-corrected chi connectivity index (χ3v) is 6.39. The zero-order valence-electron chi connectivity index (χ0n) is 18.3. The minimum Gasteiger partial charge on any atom is -0.493 e. The van der Waals surface area contributed by atoms with Crippen LogP contribution >= 0.6 is 15.9 Å². The summed E-state index contributed by atoms with van der Waals surface area (Å²) in [5, 5.41) is 7.45. The molecule has 168 valence electrons. The van der Waals surface area contributed by atoms with E-state index >= 15 is 0 Å². The lowest BCUT2D eigenvalue weighted by atomic mass is 9.95. The van der Waals surface area contributed by atoms with Gasteiger partial charge < -0.3 is 20.1 Å². The van der Waals surface area contributed by atoms with Gasteiger partial charge in [-0.15, -0.1) is 0 Å². The summed E-state index contributed by atoms with van der Waals surface area (Å²) in [6.45, 7) is 0.335. The number of carbonyl (C=O) groups excluding carboxylic acids is 1. The fraction of sp³-hybridized carbons (Fsp3) is 0.375. The number of hydrogen-bond donors (Lipinski definition) is 2. The van der Waals surface area contributed by atoms with E-state index in [4.69, 9.17) is 9.47 Å². The topological polar surface area (TPSA) is 85.4 Å². The van der Waals surface area contributed by atoms with Gasteiger partial charge >= 0.3 is 0 Å². The van der Waals surface area contributed by atoms with Crippen molar-refractivity contribution >= 4 is 38.4 Å². The number of methoxy groups -OCH3 is 2. The van der Waals surface area contributed by atoms with Crippen molar-refractivity contribution in [1.82, 2.24) is 15.3 Å². The van der Waals surface area contributed by atoms with E-state index in [2.05, 4.69) is 36.5 Å². The number of nitrogens with zero attached hydrogens (tertiary/aromatic N) is 2. The first-order valence-electron chi connectivity index (χ1n) is 10.8. The Morgan fingerprint density at radius 2 is 1.91 bits per heavy atom. The number of aromatic nitrogens is 2. The number of fused-ring (bicyclic) bond motifs is 1. The number of hydrogen-bond acceptors (Lipinski definition) is 6. The highest BCUT2D eigenvalue weighted by atomic mass is 79.9. The Kier molecular flexibility index (Phi) is 7.09. The minimum atomic E-state index is -0.258. The van der Waals surface area contributed by atoms with E-state index in [1.54, 1.807) is 20.4 Å². The average Bonchev–Trinajstić information content (AvgIpc) is 2.84. The summed E-state index contributed by atoms with van der Waals surface area (Å²) in [5.41, 5.74) is 2.68. The maximum atomic E-state index is 13.2. The van der Waals surface area contributed by atoms with Crippen LogP contribution in [0.2, 0.25) is 0 Å². The van der Waals surface area contributed by atoms with Crippen molar-refractivity contribution < 1.29 is 14.3 Å². The summed E-state index contributed by atoms with van der Waals surface area (Å²) in [6, 6.07) is 9.71. The number of rotatable bonds is 7. The van der Waals surface area contributed by atoms with Crippen LogP contribution in [0.4, 0.5) is 5.69 Å². The molecule has 1 saturated carbocycles. The molecule has 0 bridgehead atoms. The average molecular weight is 499 g/mol. The Bertz CT molecular complexity index is 1120. The first-order valence-corrected chi connectivity index (χ1v) is 11.6. The molecule has 3 aromatic rings. The van der Waals surface area contributed by atoms with Crippen LogP contribution in [0.25, 0.3) is 10.9 Å². The lowest BCUT2D eigenvalue weighted by Gasteiger charge is -2.25. The molecule has 1 amide bonds. The van der Waals surface area contributed by atoms with Gasteiger partial charge in [0.15, 0.2) is 17.2 Å². The molecule has 0 radical (unpaired) electrons. The third-order valence-electron chi connectivity index (χ3n) is 5.78. The van der Waals surface area contributed by atoms with Crippen molar-refractivity contribution in [2.45, 2.75) is 44.7 Å². The van der Waals surface area contributed by atoms with E-state index < -0.39 is 0 Å². The maximum Gasteiger partial charge on any atom is 0.272 e. The molecule has 1 fully saturated rings. The van der Waals surface area contributed by atoms with Crippen molar-refractivity contribution in [3.63, 3.8) is 0 Å². The third kappa shape index (κ3) is 4.80. The molecule has 4 rings (SSSR count). The Balaban J connectivity index is 1.62. The van der Waals surface area contributed by atoms with Gasteiger partial charge in [0, 0.05) is 24.2 Å². The van der Waals surface area contributed by atoms with Crippen molar-refractivity contribution in [1.29, 1.82) is 0 Å². The number of benzene rings is 1. The highest BCUT2D eigenvalue weighted by molar-refractivity contribution is 9.10. The zero-order chi connectivity index (χ0) is 22.5. The molecule has 0 unspecified atom stereocenters. The number of pyridine rings is 2. The predicted molar refractivity (Wildman–Crippen MR) is 128 cm³/mol. The molecule has 0 atom stereocenters. The second-order valence-electron chi connectivity index (χ2n) is 7.88. The Hall–Kier alpha value is -2.87. The van der Waals surface area contributed by atoms with Crippen LogP contribution in [0.15, 0.2) is 41.1 Å². The molecular weight excluding hydrogens is 472 g/mol. The number of amides is 1. The second kappa shape index (κ2) is 10.2. The summed E-state index contributed by atoms with van der Waals surface area (Å²) in [7, 11) is 3.18. The molecule has 0 saturated heterocycles. The summed E-state index contributed by atoms with van der Waals surface area (Å²) in [4.78, 5) is 22.4. The molecule has 2 heterocycles. The SMILES string of the molecule is COc1ccc(CNC(=O)c2nc(Br)c3cccnc3c2NC2CCCCC2)cc1OC. The van der Waals surface area contributed by atoms with Gasteiger partial charge in [0.25, 0.3) is 5.91 Å². The van der Waals surface area contributed by atoms with E-state index in [9.17, 15) is 4.79 Å². The van der Waals surface area contributed by atoms with Crippen LogP contribution < -0.4 is 20.1 Å². The smallest absolute Gasteiger partial charge is 0.272 e. The number of anilines is 1. The normalized spacial score (nSPS) is 14.2. The Morgan fingerprint density at radius 3 is 2.66 bits per heavy atom. The fourth-order valence-corrected chi connectivity index (χ4v) is 4.60. The van der Waals surface area contributed by atoms with Crippen molar-refractivity contribution in [2.24, 2.45) is 0 Å². The Morgan fingerprint density at radius 1 is 1.12 bits per heavy atom. The molecule has 2 aromatic heterocycles. The number of ether oxygens (including phenoxy) is 2. The first kappa shape index (κ1) is 22.3. The summed E-state index contributed by atoms with van der Waals surface area (Å²) >= 11 is 3.52. The highest BCUT2D eigenvalue weighted by Gasteiger charge is 2.23. The van der Waals surface area contributed by atoms with Crippen molar-refractivity contribution in [3.05, 3.63) is 52.4 Å². The monoisotopic (exact) mass is 498 g/mol. The van der Waals surface area contributed by atoms with E-state index in [0.717, 1.165) is 29.3 Å². The van der Waals surface area contributed by atoms with Gasteiger partial charge in [-0.3, -0.25) is 9.78 Å². The van der Waals surface area contributed by atoms with Crippen molar-refractivity contribution in [2.75, 3.05) is 19.5 Å². The van der Waals surface area contributed by atoms with E-state index in [-0.39, 0.29) is 5.91 Å². The lowest BCUT2D eigenvalue weighted by Crippen LogP contribution is -2.28. The quantitative estimate of drug-likeness (QED) is 0.441. The number of carbonyl (C=O) groups is 1. The molecule has 32 heavy (non-hydrogen) atoms.